The van der Waals surface area contributed by atoms with Gasteiger partial charge >= 0.3 is 13.4 Å². The molecule has 9 nitrogen and oxygen atoms in total. The van der Waals surface area contributed by atoms with E-state index in [0.29, 0.717) is 5.65 Å². The van der Waals surface area contributed by atoms with Crippen molar-refractivity contribution in [3.8, 4) is 5.75 Å². The van der Waals surface area contributed by atoms with Crippen molar-refractivity contribution in [2.45, 2.75) is 52.6 Å². The molecule has 0 saturated carbocycles. The molecule has 136 valence electrons. The van der Waals surface area contributed by atoms with Gasteiger partial charge in [-0.25, -0.2) is 9.31 Å². The van der Waals surface area contributed by atoms with Gasteiger partial charge in [-0.2, -0.15) is 4.98 Å². The van der Waals surface area contributed by atoms with Gasteiger partial charge in [0.2, 0.25) is 0 Å². The zero-order valence-electron chi connectivity index (χ0n) is 15.3. The second-order valence-corrected chi connectivity index (χ2v) is 7.65. The first-order chi connectivity index (χ1) is 11.4. The number of urea groups is 1. The minimum absolute atomic E-state index is 0.144. The van der Waals surface area contributed by atoms with Gasteiger partial charge in [0, 0.05) is 23.3 Å². The summed E-state index contributed by atoms with van der Waals surface area (Å²) in [6.07, 6.45) is 1.54. The van der Waals surface area contributed by atoms with Gasteiger partial charge in [0.1, 0.15) is 5.75 Å². The smallest absolute Gasteiger partial charge is 0.512 e. The molecule has 0 unspecified atom stereocenters. The lowest BCUT2D eigenvalue weighted by Crippen LogP contribution is -2.57. The van der Waals surface area contributed by atoms with E-state index in [9.17, 15) is 4.79 Å². The number of aromatic nitrogens is 3. The second-order valence-electron chi connectivity index (χ2n) is 7.65. The molecule has 2 aromatic rings. The Morgan fingerprint density at radius 2 is 1.84 bits per heavy atom. The molecule has 3 N–H and O–H groups in total. The van der Waals surface area contributed by atoms with Gasteiger partial charge in [0.25, 0.3) is 5.95 Å². The van der Waals surface area contributed by atoms with Crippen LogP contribution in [0.2, 0.25) is 0 Å². The summed E-state index contributed by atoms with van der Waals surface area (Å²) in [6.45, 7) is 11.7. The van der Waals surface area contributed by atoms with Crippen LogP contribution in [0.25, 0.3) is 5.65 Å². The fourth-order valence-corrected chi connectivity index (χ4v) is 2.88. The molecule has 2 amide bonds. The third-order valence-electron chi connectivity index (χ3n) is 3.31. The Balaban J connectivity index is 2.25. The van der Waals surface area contributed by atoms with Gasteiger partial charge < -0.3 is 19.6 Å². The SMILES string of the molecule is CC(C)(C)N(C(=O)Nc1nc2cc(OB(O)O)ccn2n1)C(C)(C)C. The highest BCUT2D eigenvalue weighted by Crippen LogP contribution is 2.25. The average Bonchev–Trinajstić information content (AvgIpc) is 2.75. The van der Waals surface area contributed by atoms with Crippen LogP contribution in [-0.4, -0.2) is 54.0 Å². The molecule has 0 radical (unpaired) electrons. The molecule has 0 bridgehead atoms. The van der Waals surface area contributed by atoms with Crippen molar-refractivity contribution < 1.29 is 19.5 Å². The van der Waals surface area contributed by atoms with Crippen LogP contribution in [0.4, 0.5) is 10.7 Å². The first-order valence-electron chi connectivity index (χ1n) is 7.88. The highest BCUT2D eigenvalue weighted by Gasteiger charge is 2.36. The summed E-state index contributed by atoms with van der Waals surface area (Å²) in [5.74, 6) is 0.365. The van der Waals surface area contributed by atoms with E-state index in [-0.39, 0.29) is 28.8 Å². The van der Waals surface area contributed by atoms with Crippen molar-refractivity contribution in [2.75, 3.05) is 5.32 Å². The molecule has 0 aliphatic heterocycles. The predicted octanol–water partition coefficient (Wildman–Crippen LogP) is 1.51. The van der Waals surface area contributed by atoms with E-state index in [1.807, 2.05) is 41.5 Å². The Labute approximate surface area is 146 Å². The molecule has 0 aliphatic rings. The summed E-state index contributed by atoms with van der Waals surface area (Å²) in [6, 6.07) is 2.68. The highest BCUT2D eigenvalue weighted by atomic mass is 16.6. The van der Waals surface area contributed by atoms with E-state index in [0.717, 1.165) is 0 Å². The fourth-order valence-electron chi connectivity index (χ4n) is 2.88. The van der Waals surface area contributed by atoms with E-state index < -0.39 is 7.32 Å². The van der Waals surface area contributed by atoms with Gasteiger partial charge in [0.15, 0.2) is 5.65 Å². The zero-order valence-corrected chi connectivity index (χ0v) is 15.3. The quantitative estimate of drug-likeness (QED) is 0.724. The van der Waals surface area contributed by atoms with Crippen molar-refractivity contribution in [1.82, 2.24) is 19.5 Å². The molecule has 2 heterocycles. The lowest BCUT2D eigenvalue weighted by atomic mass is 9.97. The minimum atomic E-state index is -1.92. The number of carbonyl (C=O) groups excluding carboxylic acids is 1. The molecule has 0 aromatic carbocycles. The molecular formula is C15H24BN5O4. The Kier molecular flexibility index (Phi) is 4.96. The number of hydrogen-bond acceptors (Lipinski definition) is 6. The number of carbonyl (C=O) groups is 1. The monoisotopic (exact) mass is 349 g/mol. The van der Waals surface area contributed by atoms with Crippen LogP contribution in [0.3, 0.4) is 0 Å². The third kappa shape index (κ3) is 4.61. The topological polar surface area (TPSA) is 112 Å². The van der Waals surface area contributed by atoms with Crippen molar-refractivity contribution in [3.05, 3.63) is 18.3 Å². The summed E-state index contributed by atoms with van der Waals surface area (Å²) < 4.78 is 6.22. The van der Waals surface area contributed by atoms with Crippen molar-refractivity contribution >= 4 is 24.9 Å². The van der Waals surface area contributed by atoms with Gasteiger partial charge in [-0.05, 0) is 47.6 Å². The van der Waals surface area contributed by atoms with Gasteiger partial charge in [-0.15, -0.1) is 5.10 Å². The van der Waals surface area contributed by atoms with E-state index in [2.05, 4.69) is 15.4 Å². The van der Waals surface area contributed by atoms with Crippen LogP contribution >= 0.6 is 0 Å². The number of fused-ring (bicyclic) bond motifs is 1. The lowest BCUT2D eigenvalue weighted by molar-refractivity contribution is 0.0827. The minimum Gasteiger partial charge on any atom is -0.512 e. The molecule has 2 rings (SSSR count). The molecule has 0 spiro atoms. The zero-order chi connectivity index (χ0) is 19.0. The number of nitrogens with zero attached hydrogens (tertiary/aromatic N) is 4. The average molecular weight is 349 g/mol. The van der Waals surface area contributed by atoms with Crippen LogP contribution in [-0.2, 0) is 0 Å². The largest absolute Gasteiger partial charge is 0.707 e. The number of nitrogens with one attached hydrogen (secondary N) is 1. The predicted molar refractivity (Wildman–Crippen MR) is 94.2 cm³/mol. The highest BCUT2D eigenvalue weighted by molar-refractivity contribution is 6.33. The molecule has 10 heteroatoms. The summed E-state index contributed by atoms with van der Waals surface area (Å²) in [5, 5.41) is 24.6. The summed E-state index contributed by atoms with van der Waals surface area (Å²) in [5.41, 5.74) is -0.383. The standard InChI is InChI=1S/C15H24BN5O4/c1-14(2,3)21(15(4,5)6)13(22)18-12-17-11-9-10(25-16(23)24)7-8-20(11)19-12/h7-9,23-24H,1-6H3,(H,18,19,22). The first-order valence-corrected chi connectivity index (χ1v) is 7.88. The van der Waals surface area contributed by atoms with Crippen molar-refractivity contribution in [1.29, 1.82) is 0 Å². The van der Waals surface area contributed by atoms with E-state index in [1.54, 1.807) is 11.1 Å². The van der Waals surface area contributed by atoms with Crippen LogP contribution in [0.15, 0.2) is 18.3 Å². The summed E-state index contributed by atoms with van der Waals surface area (Å²) >= 11 is 0. The number of pyridine rings is 1. The van der Waals surface area contributed by atoms with E-state index in [4.69, 9.17) is 14.7 Å². The van der Waals surface area contributed by atoms with Gasteiger partial charge in [-0.1, -0.05) is 0 Å². The third-order valence-corrected chi connectivity index (χ3v) is 3.31. The molecule has 0 atom stereocenters. The second kappa shape index (κ2) is 6.53. The van der Waals surface area contributed by atoms with E-state index >= 15 is 0 Å². The number of rotatable bonds is 3. The first kappa shape index (κ1) is 19.0. The Morgan fingerprint density at radius 3 is 2.36 bits per heavy atom. The normalized spacial score (nSPS) is 12.2. The molecule has 0 fully saturated rings. The Bertz CT molecular complexity index is 749. The maximum absolute atomic E-state index is 12.7. The fraction of sp³-hybridized carbons (Fsp3) is 0.533. The molecule has 2 aromatic heterocycles. The van der Waals surface area contributed by atoms with Crippen LogP contribution in [0.1, 0.15) is 41.5 Å². The summed E-state index contributed by atoms with van der Waals surface area (Å²) in [4.78, 5) is 18.7. The van der Waals surface area contributed by atoms with Gasteiger partial charge in [0.05, 0.1) is 0 Å². The van der Waals surface area contributed by atoms with Crippen LogP contribution in [0.5, 0.6) is 5.75 Å². The number of hydrogen-bond donors (Lipinski definition) is 3. The van der Waals surface area contributed by atoms with Crippen molar-refractivity contribution in [3.63, 3.8) is 0 Å². The van der Waals surface area contributed by atoms with Gasteiger partial charge in [-0.3, -0.25) is 5.32 Å². The maximum Gasteiger partial charge on any atom is 0.707 e. The Morgan fingerprint density at radius 1 is 1.24 bits per heavy atom. The number of amides is 2. The number of anilines is 1. The molecule has 0 aliphatic carbocycles. The maximum atomic E-state index is 12.7. The Hall–Kier alpha value is -2.33. The summed E-state index contributed by atoms with van der Waals surface area (Å²) in [7, 11) is -1.92. The molecule has 25 heavy (non-hydrogen) atoms. The lowest BCUT2D eigenvalue weighted by Gasteiger charge is -2.44. The molecular weight excluding hydrogens is 325 g/mol. The van der Waals surface area contributed by atoms with Crippen molar-refractivity contribution in [2.24, 2.45) is 0 Å². The molecule has 0 saturated heterocycles. The van der Waals surface area contributed by atoms with E-state index in [1.165, 1.54) is 16.6 Å². The van der Waals surface area contributed by atoms with Crippen LogP contribution in [0, 0.1) is 0 Å². The van der Waals surface area contributed by atoms with Crippen LogP contribution < -0.4 is 9.97 Å².